The lowest BCUT2D eigenvalue weighted by Crippen LogP contribution is -2.41. The van der Waals surface area contributed by atoms with Gasteiger partial charge in [-0.1, -0.05) is 39.5 Å². The molecular formula is C17H35IN4. The minimum absolute atomic E-state index is 0. The molecular weight excluding hydrogens is 387 g/mol. The van der Waals surface area contributed by atoms with E-state index in [1.165, 1.54) is 64.5 Å². The second kappa shape index (κ2) is 10.7. The predicted molar refractivity (Wildman–Crippen MR) is 106 cm³/mol. The Morgan fingerprint density at radius 3 is 2.45 bits per heavy atom. The molecule has 130 valence electrons. The van der Waals surface area contributed by atoms with Gasteiger partial charge in [-0.3, -0.25) is 9.89 Å². The molecule has 2 aliphatic rings. The molecule has 0 unspecified atom stereocenters. The summed E-state index contributed by atoms with van der Waals surface area (Å²) in [6.07, 6.45) is 10.5. The molecule has 0 radical (unpaired) electrons. The van der Waals surface area contributed by atoms with Crippen LogP contribution in [0.15, 0.2) is 4.99 Å². The van der Waals surface area contributed by atoms with E-state index in [1.54, 1.807) is 0 Å². The van der Waals surface area contributed by atoms with Crippen molar-refractivity contribution in [1.82, 2.24) is 10.2 Å². The van der Waals surface area contributed by atoms with Crippen molar-refractivity contribution in [2.24, 2.45) is 16.6 Å². The number of rotatable bonds is 5. The van der Waals surface area contributed by atoms with E-state index in [-0.39, 0.29) is 24.0 Å². The Morgan fingerprint density at radius 2 is 1.82 bits per heavy atom. The minimum atomic E-state index is 0. The van der Waals surface area contributed by atoms with Crippen LogP contribution in [0.4, 0.5) is 0 Å². The van der Waals surface area contributed by atoms with Crippen molar-refractivity contribution in [1.29, 1.82) is 0 Å². The maximum atomic E-state index is 6.10. The fraction of sp³-hybridized carbons (Fsp3) is 0.941. The van der Waals surface area contributed by atoms with Gasteiger partial charge in [-0.2, -0.15) is 0 Å². The van der Waals surface area contributed by atoms with Gasteiger partial charge in [0, 0.05) is 18.6 Å². The molecule has 22 heavy (non-hydrogen) atoms. The van der Waals surface area contributed by atoms with Crippen LogP contribution in [0, 0.1) is 5.92 Å². The molecule has 1 atom stereocenters. The van der Waals surface area contributed by atoms with Crippen molar-refractivity contribution in [2.75, 3.05) is 19.6 Å². The molecule has 5 heteroatoms. The average Bonchev–Trinajstić information content (AvgIpc) is 2.70. The number of hydrogen-bond donors (Lipinski definition) is 2. The van der Waals surface area contributed by atoms with E-state index in [0.29, 0.717) is 18.0 Å². The molecule has 0 aromatic heterocycles. The van der Waals surface area contributed by atoms with Gasteiger partial charge in [0.15, 0.2) is 5.96 Å². The van der Waals surface area contributed by atoms with Crippen LogP contribution >= 0.6 is 24.0 Å². The first-order chi connectivity index (χ1) is 10.1. The zero-order chi connectivity index (χ0) is 15.1. The normalized spacial score (nSPS) is 25.0. The summed E-state index contributed by atoms with van der Waals surface area (Å²) in [6.45, 7) is 7.87. The molecule has 3 N–H and O–H groups in total. The number of aliphatic imine (C=N–C) groups is 1. The van der Waals surface area contributed by atoms with Gasteiger partial charge in [0.1, 0.15) is 0 Å². The standard InChI is InChI=1S/C17H34N4.HI/c1-14(2)13-21-11-7-10-16(21)12-19-17(18)20-15-8-5-3-4-6-9-15;/h14-16H,3-13H2,1-2H3,(H3,18,19,20);1H/t16-;/m1./s1. The van der Waals surface area contributed by atoms with Gasteiger partial charge < -0.3 is 11.1 Å². The number of halogens is 1. The molecule has 4 nitrogen and oxygen atoms in total. The van der Waals surface area contributed by atoms with Crippen LogP contribution in [0.25, 0.3) is 0 Å². The van der Waals surface area contributed by atoms with E-state index < -0.39 is 0 Å². The highest BCUT2D eigenvalue weighted by atomic mass is 127. The highest BCUT2D eigenvalue weighted by Crippen LogP contribution is 2.19. The zero-order valence-corrected chi connectivity index (χ0v) is 16.7. The molecule has 1 aliphatic heterocycles. The Hall–Kier alpha value is -0.0400. The smallest absolute Gasteiger partial charge is 0.188 e. The van der Waals surface area contributed by atoms with Gasteiger partial charge in [-0.25, -0.2) is 0 Å². The molecule has 1 heterocycles. The number of nitrogens with zero attached hydrogens (tertiary/aromatic N) is 2. The highest BCUT2D eigenvalue weighted by molar-refractivity contribution is 14.0. The lowest BCUT2D eigenvalue weighted by Gasteiger charge is -2.25. The number of likely N-dealkylation sites (tertiary alicyclic amines) is 1. The van der Waals surface area contributed by atoms with E-state index in [4.69, 9.17) is 5.73 Å². The number of nitrogens with one attached hydrogen (secondary N) is 1. The lowest BCUT2D eigenvalue weighted by atomic mass is 10.1. The molecule has 2 fully saturated rings. The van der Waals surface area contributed by atoms with E-state index in [1.807, 2.05) is 0 Å². The van der Waals surface area contributed by atoms with Crippen molar-refractivity contribution in [2.45, 2.75) is 77.3 Å². The first-order valence-electron chi connectivity index (χ1n) is 8.95. The quantitative estimate of drug-likeness (QED) is 0.309. The van der Waals surface area contributed by atoms with Crippen LogP contribution in [-0.2, 0) is 0 Å². The van der Waals surface area contributed by atoms with Crippen LogP contribution in [0.5, 0.6) is 0 Å². The summed E-state index contributed by atoms with van der Waals surface area (Å²) in [6, 6.07) is 1.15. The summed E-state index contributed by atoms with van der Waals surface area (Å²) >= 11 is 0. The Balaban J connectivity index is 0.00000242. The second-order valence-electron chi connectivity index (χ2n) is 7.24. The summed E-state index contributed by atoms with van der Waals surface area (Å²) in [5.74, 6) is 1.40. The maximum absolute atomic E-state index is 6.10. The van der Waals surface area contributed by atoms with Crippen molar-refractivity contribution >= 4 is 29.9 Å². The Bertz CT molecular complexity index is 325. The number of hydrogen-bond acceptors (Lipinski definition) is 2. The monoisotopic (exact) mass is 422 g/mol. The summed E-state index contributed by atoms with van der Waals surface area (Å²) in [5, 5.41) is 3.45. The van der Waals surface area contributed by atoms with E-state index >= 15 is 0 Å². The highest BCUT2D eigenvalue weighted by Gasteiger charge is 2.24. The fourth-order valence-corrected chi connectivity index (χ4v) is 3.69. The Kier molecular flexibility index (Phi) is 9.71. The largest absolute Gasteiger partial charge is 0.370 e. The third-order valence-electron chi connectivity index (χ3n) is 4.78. The minimum Gasteiger partial charge on any atom is -0.370 e. The van der Waals surface area contributed by atoms with Gasteiger partial charge in [-0.05, 0) is 38.1 Å². The van der Waals surface area contributed by atoms with Crippen molar-refractivity contribution < 1.29 is 0 Å². The SMILES string of the molecule is CC(C)CN1CCC[C@@H]1CN=C(N)NC1CCCCCC1.I. The maximum Gasteiger partial charge on any atom is 0.188 e. The molecule has 0 aromatic rings. The van der Waals surface area contributed by atoms with Gasteiger partial charge in [-0.15, -0.1) is 24.0 Å². The van der Waals surface area contributed by atoms with Crippen LogP contribution in [-0.4, -0.2) is 42.6 Å². The third kappa shape index (κ3) is 7.02. The van der Waals surface area contributed by atoms with Gasteiger partial charge in [0.25, 0.3) is 0 Å². The van der Waals surface area contributed by atoms with Crippen LogP contribution in [0.2, 0.25) is 0 Å². The molecule has 1 saturated carbocycles. The zero-order valence-electron chi connectivity index (χ0n) is 14.4. The third-order valence-corrected chi connectivity index (χ3v) is 4.78. The summed E-state index contributed by atoms with van der Waals surface area (Å²) in [4.78, 5) is 7.22. The molecule has 0 bridgehead atoms. The summed E-state index contributed by atoms with van der Waals surface area (Å²) in [7, 11) is 0. The van der Waals surface area contributed by atoms with Gasteiger partial charge in [0.2, 0.25) is 0 Å². The number of guanidine groups is 1. The van der Waals surface area contributed by atoms with Crippen molar-refractivity contribution in [3.63, 3.8) is 0 Å². The Morgan fingerprint density at radius 1 is 1.14 bits per heavy atom. The first-order valence-corrected chi connectivity index (χ1v) is 8.95. The van der Waals surface area contributed by atoms with Crippen molar-refractivity contribution in [3.8, 4) is 0 Å². The van der Waals surface area contributed by atoms with Gasteiger partial charge in [0.05, 0.1) is 6.54 Å². The first kappa shape index (κ1) is 20.0. The topological polar surface area (TPSA) is 53.6 Å². The summed E-state index contributed by atoms with van der Waals surface area (Å²) in [5.41, 5.74) is 6.10. The molecule has 1 saturated heterocycles. The molecule has 0 aromatic carbocycles. The predicted octanol–water partition coefficient (Wildman–Crippen LogP) is 3.35. The second-order valence-corrected chi connectivity index (χ2v) is 7.24. The van der Waals surface area contributed by atoms with Gasteiger partial charge >= 0.3 is 0 Å². The lowest BCUT2D eigenvalue weighted by molar-refractivity contribution is 0.231. The van der Waals surface area contributed by atoms with E-state index in [0.717, 1.165) is 12.5 Å². The van der Waals surface area contributed by atoms with Crippen molar-refractivity contribution in [3.05, 3.63) is 0 Å². The molecule has 1 aliphatic carbocycles. The summed E-state index contributed by atoms with van der Waals surface area (Å²) < 4.78 is 0. The Labute approximate surface area is 153 Å². The fourth-order valence-electron chi connectivity index (χ4n) is 3.69. The van der Waals surface area contributed by atoms with Crippen LogP contribution in [0.3, 0.4) is 0 Å². The molecule has 0 spiro atoms. The number of nitrogens with two attached hydrogens (primary N) is 1. The van der Waals surface area contributed by atoms with E-state index in [9.17, 15) is 0 Å². The van der Waals surface area contributed by atoms with Crippen LogP contribution in [0.1, 0.15) is 65.2 Å². The average molecular weight is 422 g/mol. The molecule has 2 rings (SSSR count). The molecule has 0 amide bonds. The van der Waals surface area contributed by atoms with E-state index in [2.05, 4.69) is 29.1 Å². The van der Waals surface area contributed by atoms with Crippen LogP contribution < -0.4 is 11.1 Å².